The van der Waals surface area contributed by atoms with Gasteiger partial charge in [-0.3, -0.25) is 14.4 Å². The number of ether oxygens (including phenoxy) is 4. The van der Waals surface area contributed by atoms with Gasteiger partial charge in [0.2, 0.25) is 5.75 Å². The monoisotopic (exact) mass is 746 g/mol. The summed E-state index contributed by atoms with van der Waals surface area (Å²) >= 11 is 0. The molecule has 1 saturated heterocycles. The fraction of sp³-hybridized carbons (Fsp3) is 0.289. The largest absolute Gasteiger partial charge is 0.647 e. The third-order valence-electron chi connectivity index (χ3n) is 7.90. The number of phosphoric ester groups is 1. The minimum absolute atomic E-state index is 0.0747. The van der Waals surface area contributed by atoms with Crippen LogP contribution in [0.15, 0.2) is 103 Å². The van der Waals surface area contributed by atoms with Crippen LogP contribution >= 0.6 is 7.82 Å². The molecule has 0 saturated carbocycles. The van der Waals surface area contributed by atoms with Gasteiger partial charge < -0.3 is 37.8 Å². The van der Waals surface area contributed by atoms with E-state index in [-0.39, 0.29) is 23.7 Å². The number of nitrogens with zero attached hydrogens (tertiary/aromatic N) is 1. The highest BCUT2D eigenvalue weighted by Gasteiger charge is 2.43. The number of hydrogen-bond acceptors (Lipinski definition) is 13. The van der Waals surface area contributed by atoms with E-state index < -0.39 is 79.8 Å². The van der Waals surface area contributed by atoms with Crippen molar-refractivity contribution in [1.29, 1.82) is 0 Å². The second kappa shape index (κ2) is 17.6. The van der Waals surface area contributed by atoms with Gasteiger partial charge in [-0.05, 0) is 43.2 Å². The van der Waals surface area contributed by atoms with Crippen molar-refractivity contribution in [3.63, 3.8) is 0 Å². The first-order chi connectivity index (χ1) is 25.5. The summed E-state index contributed by atoms with van der Waals surface area (Å²) in [5, 5.41) is 2.47. The first kappa shape index (κ1) is 38.4. The number of methoxy groups -OCH3 is 1. The third-order valence-corrected chi connectivity index (χ3v) is 9.17. The van der Waals surface area contributed by atoms with Crippen LogP contribution in [0.1, 0.15) is 36.8 Å². The molecule has 0 aliphatic carbocycles. The summed E-state index contributed by atoms with van der Waals surface area (Å²) in [6.07, 6.45) is -1.000. The summed E-state index contributed by atoms with van der Waals surface area (Å²) in [6.45, 7) is 4.11. The highest BCUT2D eigenvalue weighted by atomic mass is 31.2. The van der Waals surface area contributed by atoms with Gasteiger partial charge in [-0.1, -0.05) is 80.6 Å². The van der Waals surface area contributed by atoms with Gasteiger partial charge in [-0.15, -0.1) is 0 Å². The van der Waals surface area contributed by atoms with Gasteiger partial charge in [-0.2, -0.15) is 4.57 Å². The molecule has 0 unspecified atom stereocenters. The maximum absolute atomic E-state index is 14.3. The van der Waals surface area contributed by atoms with Crippen LogP contribution in [0.2, 0.25) is 0 Å². The van der Waals surface area contributed by atoms with Crippen LogP contribution in [0.25, 0.3) is 0 Å². The molecule has 0 radical (unpaired) electrons. The van der Waals surface area contributed by atoms with Crippen molar-refractivity contribution in [3.8, 4) is 23.0 Å². The Kier molecular flexibility index (Phi) is 12.7. The number of nitrogens with one attached hydrogen (secondary N) is 1. The number of pyridine rings is 1. The van der Waals surface area contributed by atoms with Gasteiger partial charge in [0.1, 0.15) is 30.1 Å². The summed E-state index contributed by atoms with van der Waals surface area (Å²) in [5.74, 6) is -5.22. The van der Waals surface area contributed by atoms with Crippen molar-refractivity contribution in [1.82, 2.24) is 10.3 Å². The van der Waals surface area contributed by atoms with E-state index in [9.17, 15) is 23.7 Å². The summed E-state index contributed by atoms with van der Waals surface area (Å²) in [5.41, 5.74) is 0.278. The zero-order chi connectivity index (χ0) is 38.0. The van der Waals surface area contributed by atoms with E-state index in [1.165, 1.54) is 50.6 Å². The lowest BCUT2D eigenvalue weighted by Crippen LogP contribution is -2.47. The summed E-state index contributed by atoms with van der Waals surface area (Å²) in [4.78, 5) is 57.9. The van der Waals surface area contributed by atoms with E-state index in [2.05, 4.69) is 10.3 Å². The Labute approximate surface area is 306 Å². The number of hydrogen-bond donors (Lipinski definition) is 1. The van der Waals surface area contributed by atoms with Gasteiger partial charge in [0.05, 0.1) is 13.0 Å². The zero-order valence-corrected chi connectivity index (χ0v) is 30.3. The summed E-state index contributed by atoms with van der Waals surface area (Å²) in [6, 6.07) is 25.0. The fourth-order valence-electron chi connectivity index (χ4n) is 5.21. The van der Waals surface area contributed by atoms with E-state index in [4.69, 9.17) is 32.5 Å². The first-order valence-electron chi connectivity index (χ1n) is 16.7. The number of carbonyl (C=O) groups excluding carboxylic acids is 4. The number of cyclic esters (lactones) is 2. The summed E-state index contributed by atoms with van der Waals surface area (Å²) in [7, 11) is -3.36. The molecule has 1 aliphatic heterocycles. The molecular formula is C38H39N2O12P. The van der Waals surface area contributed by atoms with Crippen LogP contribution in [0.4, 0.5) is 0 Å². The Hall–Kier alpha value is -5.88. The van der Waals surface area contributed by atoms with Gasteiger partial charge in [0.25, 0.3) is 5.91 Å². The minimum atomic E-state index is -4.65. The maximum atomic E-state index is 14.3. The average Bonchev–Trinajstić information content (AvgIpc) is 3.18. The van der Waals surface area contributed by atoms with Crippen molar-refractivity contribution in [2.24, 2.45) is 11.8 Å². The Morgan fingerprint density at radius 1 is 0.868 bits per heavy atom. The van der Waals surface area contributed by atoms with Crippen LogP contribution in [0.3, 0.4) is 0 Å². The SMILES string of the molecule is COc1ccnc(C(=O)N[C@H]2COC(=O)[C@H](Cc3ccccc3)[C@@H](OC(=O)C(C)C)[C@H](C)OC2=O)c1OP(=O)(Oc1ccccc1)Oc1ccccc1. The molecule has 4 aromatic rings. The van der Waals surface area contributed by atoms with Gasteiger partial charge in [0.15, 0.2) is 23.6 Å². The molecule has 0 bridgehead atoms. The normalized spacial score (nSPS) is 19.0. The van der Waals surface area contributed by atoms with Gasteiger partial charge >= 0.3 is 25.7 Å². The zero-order valence-electron chi connectivity index (χ0n) is 29.4. The Bertz CT molecular complexity index is 1880. The number of para-hydroxylation sites is 2. The van der Waals surface area contributed by atoms with Crippen molar-refractivity contribution < 1.29 is 56.3 Å². The highest BCUT2D eigenvalue weighted by molar-refractivity contribution is 7.49. The van der Waals surface area contributed by atoms with Gasteiger partial charge in [0, 0.05) is 12.3 Å². The summed E-state index contributed by atoms with van der Waals surface area (Å²) < 4.78 is 53.9. The number of esters is 3. The molecule has 1 aromatic heterocycles. The molecule has 1 fully saturated rings. The molecule has 14 nitrogen and oxygen atoms in total. The standard InChI is InChI=1S/C38H39N2O12P/c1-24(2)36(42)49-33-25(3)48-38(44)30(23-47-37(43)29(33)22-26-14-8-5-9-15-26)40-35(41)32-34(31(46-4)20-21-39-32)52-53(45,50-27-16-10-6-11-17-27)51-28-18-12-7-13-19-28/h5-21,24-25,29-30,33H,22-23H2,1-4H3,(H,40,41)/t25-,29+,30-,33-/m0/s1. The number of aromatic nitrogens is 1. The van der Waals surface area contributed by atoms with E-state index in [1.807, 2.05) is 6.07 Å². The van der Waals surface area contributed by atoms with Crippen molar-refractivity contribution >= 4 is 31.6 Å². The molecule has 3 aromatic carbocycles. The predicted octanol–water partition coefficient (Wildman–Crippen LogP) is 5.75. The number of carbonyl (C=O) groups is 4. The number of amides is 1. The first-order valence-corrected chi connectivity index (χ1v) is 18.2. The Morgan fingerprint density at radius 3 is 2.02 bits per heavy atom. The predicted molar refractivity (Wildman–Crippen MR) is 189 cm³/mol. The third kappa shape index (κ3) is 10.1. The molecule has 53 heavy (non-hydrogen) atoms. The molecule has 4 atom stereocenters. The Morgan fingerprint density at radius 2 is 1.45 bits per heavy atom. The molecule has 0 spiro atoms. The average molecular weight is 747 g/mol. The maximum Gasteiger partial charge on any atom is 0.647 e. The lowest BCUT2D eigenvalue weighted by Gasteiger charge is -2.29. The second-order valence-corrected chi connectivity index (χ2v) is 13.6. The molecule has 1 amide bonds. The molecular weight excluding hydrogens is 707 g/mol. The smallest absolute Gasteiger partial charge is 0.493 e. The molecule has 15 heteroatoms. The van der Waals surface area contributed by atoms with Crippen LogP contribution in [0, 0.1) is 11.8 Å². The van der Waals surface area contributed by atoms with Crippen LogP contribution in [-0.4, -0.2) is 60.8 Å². The number of rotatable bonds is 13. The minimum Gasteiger partial charge on any atom is -0.493 e. The fourth-order valence-corrected chi connectivity index (χ4v) is 6.48. The van der Waals surface area contributed by atoms with E-state index in [1.54, 1.807) is 74.5 Å². The molecule has 1 aliphatic rings. The molecule has 2 heterocycles. The number of phosphoric acid groups is 1. The molecule has 278 valence electrons. The topological polar surface area (TPSA) is 175 Å². The molecule has 5 rings (SSSR count). The van der Waals surface area contributed by atoms with Crippen molar-refractivity contribution in [2.75, 3.05) is 13.7 Å². The lowest BCUT2D eigenvalue weighted by molar-refractivity contribution is -0.176. The second-order valence-electron chi connectivity index (χ2n) is 12.2. The van der Waals surface area contributed by atoms with E-state index >= 15 is 0 Å². The Balaban J connectivity index is 1.43. The highest BCUT2D eigenvalue weighted by Crippen LogP contribution is 2.52. The van der Waals surface area contributed by atoms with Crippen LogP contribution < -0.4 is 23.6 Å². The van der Waals surface area contributed by atoms with Crippen molar-refractivity contribution in [3.05, 3.63) is 115 Å². The number of benzene rings is 3. The van der Waals surface area contributed by atoms with Gasteiger partial charge in [-0.25, -0.2) is 9.78 Å². The van der Waals surface area contributed by atoms with Crippen molar-refractivity contribution in [2.45, 2.75) is 45.4 Å². The van der Waals surface area contributed by atoms with Crippen LogP contribution in [0.5, 0.6) is 23.0 Å². The quantitative estimate of drug-likeness (QED) is 0.0996. The van der Waals surface area contributed by atoms with E-state index in [0.717, 1.165) is 5.56 Å². The molecule has 1 N–H and O–H groups in total. The lowest BCUT2D eigenvalue weighted by atomic mass is 9.91. The van der Waals surface area contributed by atoms with Crippen LogP contribution in [-0.2, 0) is 39.6 Å². The van der Waals surface area contributed by atoms with E-state index in [0.29, 0.717) is 0 Å².